The number of anilines is 1. The molecule has 1 amide bonds. The summed E-state index contributed by atoms with van der Waals surface area (Å²) in [5, 5.41) is 5.50. The second kappa shape index (κ2) is 6.04. The van der Waals surface area contributed by atoms with Crippen LogP contribution in [0.1, 0.15) is 12.5 Å². The summed E-state index contributed by atoms with van der Waals surface area (Å²) in [7, 11) is 0. The van der Waals surface area contributed by atoms with Gasteiger partial charge in [-0.25, -0.2) is 4.98 Å². The van der Waals surface area contributed by atoms with E-state index >= 15 is 0 Å². The Labute approximate surface area is 120 Å². The first-order valence-electron chi connectivity index (χ1n) is 5.69. The van der Waals surface area contributed by atoms with Gasteiger partial charge in [0.2, 0.25) is 0 Å². The van der Waals surface area contributed by atoms with Crippen LogP contribution in [-0.2, 0) is 4.79 Å². The molecule has 0 spiro atoms. The van der Waals surface area contributed by atoms with Crippen LogP contribution in [-0.4, -0.2) is 17.0 Å². The SMILES string of the molecule is Cc1ccc(Cl)c(OC(C)C(=O)Nc2nccs2)c1. The largest absolute Gasteiger partial charge is 0.479 e. The number of ether oxygens (including phenoxy) is 1. The van der Waals surface area contributed by atoms with E-state index in [4.69, 9.17) is 16.3 Å². The average Bonchev–Trinajstić information content (AvgIpc) is 2.86. The van der Waals surface area contributed by atoms with Crippen LogP contribution < -0.4 is 10.1 Å². The number of rotatable bonds is 4. The van der Waals surface area contributed by atoms with Gasteiger partial charge in [0.1, 0.15) is 5.75 Å². The van der Waals surface area contributed by atoms with Crippen LogP contribution in [0, 0.1) is 6.92 Å². The minimum Gasteiger partial charge on any atom is -0.479 e. The second-order valence-electron chi connectivity index (χ2n) is 4.02. The predicted molar refractivity (Wildman–Crippen MR) is 77.0 cm³/mol. The lowest BCUT2D eigenvalue weighted by molar-refractivity contribution is -0.122. The molecule has 100 valence electrons. The Kier molecular flexibility index (Phi) is 4.39. The maximum atomic E-state index is 11.9. The monoisotopic (exact) mass is 296 g/mol. The first kappa shape index (κ1) is 13.8. The molecule has 1 unspecified atom stereocenters. The highest BCUT2D eigenvalue weighted by Crippen LogP contribution is 2.26. The number of carbonyl (C=O) groups excluding carboxylic acids is 1. The number of benzene rings is 1. The minimum atomic E-state index is -0.650. The molecule has 0 aliphatic rings. The zero-order valence-corrected chi connectivity index (χ0v) is 12.1. The highest BCUT2D eigenvalue weighted by molar-refractivity contribution is 7.13. The third kappa shape index (κ3) is 3.68. The lowest BCUT2D eigenvalue weighted by Gasteiger charge is -2.15. The number of aryl methyl sites for hydroxylation is 1. The van der Waals surface area contributed by atoms with Gasteiger partial charge in [0.25, 0.3) is 5.91 Å². The Morgan fingerprint density at radius 1 is 1.53 bits per heavy atom. The number of nitrogens with one attached hydrogen (secondary N) is 1. The average molecular weight is 297 g/mol. The lowest BCUT2D eigenvalue weighted by Crippen LogP contribution is -2.30. The van der Waals surface area contributed by atoms with Gasteiger partial charge in [-0.3, -0.25) is 10.1 Å². The molecule has 2 aromatic rings. The Bertz CT molecular complexity index is 572. The Morgan fingerprint density at radius 2 is 2.32 bits per heavy atom. The van der Waals surface area contributed by atoms with E-state index in [2.05, 4.69) is 10.3 Å². The van der Waals surface area contributed by atoms with Crippen molar-refractivity contribution in [1.29, 1.82) is 0 Å². The first-order valence-corrected chi connectivity index (χ1v) is 6.95. The van der Waals surface area contributed by atoms with E-state index in [0.29, 0.717) is 15.9 Å². The Morgan fingerprint density at radius 3 is 3.00 bits per heavy atom. The van der Waals surface area contributed by atoms with Gasteiger partial charge >= 0.3 is 0 Å². The maximum absolute atomic E-state index is 11.9. The van der Waals surface area contributed by atoms with E-state index in [-0.39, 0.29) is 5.91 Å². The third-order valence-corrected chi connectivity index (χ3v) is 3.42. The molecule has 1 heterocycles. The standard InChI is InChI=1S/C13H13ClN2O2S/c1-8-3-4-10(14)11(7-8)18-9(2)12(17)16-13-15-5-6-19-13/h3-7,9H,1-2H3,(H,15,16,17). The topological polar surface area (TPSA) is 51.2 Å². The van der Waals surface area contributed by atoms with Crippen LogP contribution in [0.25, 0.3) is 0 Å². The van der Waals surface area contributed by atoms with Crippen molar-refractivity contribution in [2.75, 3.05) is 5.32 Å². The minimum absolute atomic E-state index is 0.257. The highest BCUT2D eigenvalue weighted by atomic mass is 35.5. The molecule has 0 saturated heterocycles. The number of amides is 1. The Balaban J connectivity index is 2.02. The van der Waals surface area contributed by atoms with Gasteiger partial charge in [-0.1, -0.05) is 17.7 Å². The molecule has 2 rings (SSSR count). The molecule has 6 heteroatoms. The molecule has 0 radical (unpaired) electrons. The molecule has 19 heavy (non-hydrogen) atoms. The summed E-state index contributed by atoms with van der Waals surface area (Å²) in [4.78, 5) is 15.9. The smallest absolute Gasteiger partial charge is 0.266 e. The number of carbonyl (C=O) groups is 1. The molecule has 0 fully saturated rings. The van der Waals surface area contributed by atoms with Crippen molar-refractivity contribution in [2.24, 2.45) is 0 Å². The van der Waals surface area contributed by atoms with Crippen molar-refractivity contribution in [3.63, 3.8) is 0 Å². The molecule has 1 aromatic carbocycles. The van der Waals surface area contributed by atoms with Gasteiger partial charge in [0.15, 0.2) is 11.2 Å². The van der Waals surface area contributed by atoms with Crippen molar-refractivity contribution < 1.29 is 9.53 Å². The van der Waals surface area contributed by atoms with Gasteiger partial charge in [-0.15, -0.1) is 11.3 Å². The summed E-state index contributed by atoms with van der Waals surface area (Å²) >= 11 is 7.38. The van der Waals surface area contributed by atoms with Crippen molar-refractivity contribution in [3.8, 4) is 5.75 Å². The molecule has 1 N–H and O–H groups in total. The van der Waals surface area contributed by atoms with Gasteiger partial charge in [0, 0.05) is 11.6 Å². The van der Waals surface area contributed by atoms with Crippen molar-refractivity contribution >= 4 is 34.0 Å². The van der Waals surface area contributed by atoms with Crippen LogP contribution in [0.3, 0.4) is 0 Å². The van der Waals surface area contributed by atoms with Crippen LogP contribution in [0.5, 0.6) is 5.75 Å². The van der Waals surface area contributed by atoms with Crippen molar-refractivity contribution in [3.05, 3.63) is 40.4 Å². The fraction of sp³-hybridized carbons (Fsp3) is 0.231. The number of hydrogen-bond acceptors (Lipinski definition) is 4. The van der Waals surface area contributed by atoms with Gasteiger partial charge in [-0.2, -0.15) is 0 Å². The molecule has 0 aliphatic carbocycles. The summed E-state index contributed by atoms with van der Waals surface area (Å²) in [5.74, 6) is 0.246. The maximum Gasteiger partial charge on any atom is 0.266 e. The summed E-state index contributed by atoms with van der Waals surface area (Å²) in [6.45, 7) is 3.60. The fourth-order valence-electron chi connectivity index (χ4n) is 1.44. The molecule has 0 saturated carbocycles. The zero-order valence-electron chi connectivity index (χ0n) is 10.5. The van der Waals surface area contributed by atoms with Crippen LogP contribution in [0.2, 0.25) is 5.02 Å². The molecule has 4 nitrogen and oxygen atoms in total. The normalized spacial score (nSPS) is 11.9. The highest BCUT2D eigenvalue weighted by Gasteiger charge is 2.17. The number of aromatic nitrogens is 1. The Hall–Kier alpha value is -1.59. The van der Waals surface area contributed by atoms with E-state index < -0.39 is 6.10 Å². The molecule has 0 aliphatic heterocycles. The van der Waals surface area contributed by atoms with E-state index in [1.807, 2.05) is 13.0 Å². The number of halogens is 1. The van der Waals surface area contributed by atoms with Crippen LogP contribution >= 0.6 is 22.9 Å². The number of thiazole rings is 1. The quantitative estimate of drug-likeness (QED) is 0.939. The molecular formula is C13H13ClN2O2S. The lowest BCUT2D eigenvalue weighted by atomic mass is 10.2. The summed E-state index contributed by atoms with van der Waals surface area (Å²) in [6.07, 6.45) is 0.978. The number of hydrogen-bond donors (Lipinski definition) is 1. The van der Waals surface area contributed by atoms with Gasteiger partial charge < -0.3 is 4.74 Å². The summed E-state index contributed by atoms with van der Waals surface area (Å²) in [5.41, 5.74) is 1.02. The van der Waals surface area contributed by atoms with Crippen molar-refractivity contribution in [1.82, 2.24) is 4.98 Å². The molecule has 0 bridgehead atoms. The van der Waals surface area contributed by atoms with Gasteiger partial charge in [-0.05, 0) is 31.5 Å². The molecule has 1 atom stereocenters. The zero-order chi connectivity index (χ0) is 13.8. The van der Waals surface area contributed by atoms with Crippen LogP contribution in [0.4, 0.5) is 5.13 Å². The predicted octanol–water partition coefficient (Wildman–Crippen LogP) is 3.51. The number of nitrogens with zero attached hydrogens (tertiary/aromatic N) is 1. The van der Waals surface area contributed by atoms with Crippen molar-refractivity contribution in [2.45, 2.75) is 20.0 Å². The fourth-order valence-corrected chi connectivity index (χ4v) is 2.13. The molecule has 1 aromatic heterocycles. The van der Waals surface area contributed by atoms with E-state index in [1.54, 1.807) is 30.6 Å². The summed E-state index contributed by atoms with van der Waals surface area (Å²) in [6, 6.07) is 5.43. The van der Waals surface area contributed by atoms with E-state index in [0.717, 1.165) is 5.56 Å². The molecular weight excluding hydrogens is 284 g/mol. The summed E-state index contributed by atoms with van der Waals surface area (Å²) < 4.78 is 5.57. The van der Waals surface area contributed by atoms with Gasteiger partial charge in [0.05, 0.1) is 5.02 Å². The van der Waals surface area contributed by atoms with Crippen LogP contribution in [0.15, 0.2) is 29.8 Å². The van der Waals surface area contributed by atoms with E-state index in [9.17, 15) is 4.79 Å². The second-order valence-corrected chi connectivity index (χ2v) is 5.32. The van der Waals surface area contributed by atoms with E-state index in [1.165, 1.54) is 11.3 Å². The first-order chi connectivity index (χ1) is 9.06. The third-order valence-electron chi connectivity index (χ3n) is 2.42.